The van der Waals surface area contributed by atoms with Crippen molar-refractivity contribution in [3.8, 4) is 0 Å². The lowest BCUT2D eigenvalue weighted by atomic mass is 9.77. The first kappa shape index (κ1) is 16.5. The lowest BCUT2D eigenvalue weighted by Crippen LogP contribution is -2.53. The van der Waals surface area contributed by atoms with Crippen LogP contribution in [0, 0.1) is 11.8 Å². The van der Waals surface area contributed by atoms with Crippen molar-refractivity contribution in [3.63, 3.8) is 0 Å². The van der Waals surface area contributed by atoms with Crippen molar-refractivity contribution in [1.82, 2.24) is 9.80 Å². The molecule has 1 saturated heterocycles. The molecule has 7 heteroatoms. The number of hydrogen-bond donors (Lipinski definition) is 1. The fourth-order valence-electron chi connectivity index (χ4n) is 3.42. The summed E-state index contributed by atoms with van der Waals surface area (Å²) in [5.41, 5.74) is 5.90. The highest BCUT2D eigenvalue weighted by molar-refractivity contribution is 5.79. The largest absolute Gasteiger partial charge is 0.401 e. The second kappa shape index (κ2) is 6.52. The molecule has 4 nitrogen and oxygen atoms in total. The van der Waals surface area contributed by atoms with Gasteiger partial charge in [-0.1, -0.05) is 6.92 Å². The summed E-state index contributed by atoms with van der Waals surface area (Å²) in [7, 11) is 0. The number of nitrogens with two attached hydrogens (primary N) is 1. The van der Waals surface area contributed by atoms with Gasteiger partial charge in [0.05, 0.1) is 6.54 Å². The van der Waals surface area contributed by atoms with Crippen LogP contribution in [0.5, 0.6) is 0 Å². The van der Waals surface area contributed by atoms with Gasteiger partial charge in [-0.2, -0.15) is 13.2 Å². The molecule has 3 unspecified atom stereocenters. The van der Waals surface area contributed by atoms with E-state index in [4.69, 9.17) is 5.73 Å². The highest BCUT2D eigenvalue weighted by Crippen LogP contribution is 2.31. The summed E-state index contributed by atoms with van der Waals surface area (Å²) in [6.07, 6.45) is -1.66. The monoisotopic (exact) mass is 307 g/mol. The Kier molecular flexibility index (Phi) is 5.14. The molecule has 3 atom stereocenters. The van der Waals surface area contributed by atoms with Gasteiger partial charge in [0, 0.05) is 38.1 Å². The molecule has 2 aliphatic rings. The molecule has 1 amide bonds. The Balaban J connectivity index is 1.83. The van der Waals surface area contributed by atoms with Crippen molar-refractivity contribution in [2.24, 2.45) is 17.6 Å². The molecule has 0 bridgehead atoms. The third-order valence-electron chi connectivity index (χ3n) is 4.61. The van der Waals surface area contributed by atoms with Crippen molar-refractivity contribution >= 4 is 5.91 Å². The summed E-state index contributed by atoms with van der Waals surface area (Å²) >= 11 is 0. The Morgan fingerprint density at radius 2 is 1.81 bits per heavy atom. The van der Waals surface area contributed by atoms with Crippen LogP contribution < -0.4 is 5.73 Å². The number of hydrogen-bond acceptors (Lipinski definition) is 3. The maximum atomic E-state index is 12.5. The number of halogens is 3. The number of amides is 1. The van der Waals surface area contributed by atoms with Crippen LogP contribution in [0.3, 0.4) is 0 Å². The van der Waals surface area contributed by atoms with Crippen molar-refractivity contribution in [3.05, 3.63) is 0 Å². The van der Waals surface area contributed by atoms with Crippen molar-refractivity contribution in [2.75, 3.05) is 32.7 Å². The quantitative estimate of drug-likeness (QED) is 0.840. The summed E-state index contributed by atoms with van der Waals surface area (Å²) in [5, 5.41) is 0. The van der Waals surface area contributed by atoms with E-state index in [0.29, 0.717) is 26.2 Å². The first-order chi connectivity index (χ1) is 9.76. The molecule has 0 aromatic heterocycles. The van der Waals surface area contributed by atoms with Gasteiger partial charge in [-0.3, -0.25) is 9.69 Å². The van der Waals surface area contributed by atoms with E-state index < -0.39 is 12.7 Å². The van der Waals surface area contributed by atoms with Crippen LogP contribution in [0.1, 0.15) is 26.2 Å². The van der Waals surface area contributed by atoms with Gasteiger partial charge in [0.1, 0.15) is 0 Å². The van der Waals surface area contributed by atoms with Gasteiger partial charge < -0.3 is 10.6 Å². The third-order valence-corrected chi connectivity index (χ3v) is 4.61. The Morgan fingerprint density at radius 1 is 1.19 bits per heavy atom. The van der Waals surface area contributed by atoms with Crippen molar-refractivity contribution in [2.45, 2.75) is 38.4 Å². The standard InChI is InChI=1S/C14H24F3N3O/c1-10-8-11(18)2-3-12(10)13(21)20-6-4-19(5-7-20)9-14(15,16)17/h10-12H,2-9,18H2,1H3. The molecule has 1 heterocycles. The fraction of sp³-hybridized carbons (Fsp3) is 0.929. The normalized spacial score (nSPS) is 32.2. The Morgan fingerprint density at radius 3 is 2.33 bits per heavy atom. The molecule has 0 aromatic rings. The number of nitrogens with zero attached hydrogens (tertiary/aromatic N) is 2. The molecule has 2 fully saturated rings. The van der Waals surface area contributed by atoms with E-state index >= 15 is 0 Å². The molecule has 1 aliphatic heterocycles. The van der Waals surface area contributed by atoms with Crippen molar-refractivity contribution in [1.29, 1.82) is 0 Å². The number of alkyl halides is 3. The minimum Gasteiger partial charge on any atom is -0.340 e. The highest BCUT2D eigenvalue weighted by atomic mass is 19.4. The second-order valence-electron chi connectivity index (χ2n) is 6.37. The fourth-order valence-corrected chi connectivity index (χ4v) is 3.42. The SMILES string of the molecule is CC1CC(N)CCC1C(=O)N1CCN(CC(F)(F)F)CC1. The smallest absolute Gasteiger partial charge is 0.340 e. The maximum absolute atomic E-state index is 12.5. The lowest BCUT2D eigenvalue weighted by molar-refractivity contribution is -0.153. The molecular formula is C14H24F3N3O. The van der Waals surface area contributed by atoms with Gasteiger partial charge in [0.25, 0.3) is 0 Å². The van der Waals surface area contributed by atoms with Gasteiger partial charge in [-0.15, -0.1) is 0 Å². The van der Waals surface area contributed by atoms with Crippen LogP contribution in [-0.4, -0.2) is 60.6 Å². The second-order valence-corrected chi connectivity index (χ2v) is 6.37. The van der Waals surface area contributed by atoms with Crippen LogP contribution in [0.15, 0.2) is 0 Å². The summed E-state index contributed by atoms with van der Waals surface area (Å²) in [6, 6.07) is 0.174. The number of carbonyl (C=O) groups is 1. The number of rotatable bonds is 2. The summed E-state index contributed by atoms with van der Waals surface area (Å²) in [6.45, 7) is 2.54. The van der Waals surface area contributed by atoms with Crippen molar-refractivity contribution < 1.29 is 18.0 Å². The summed E-state index contributed by atoms with van der Waals surface area (Å²) in [5.74, 6) is 0.342. The molecule has 1 saturated carbocycles. The van der Waals surface area contributed by atoms with Gasteiger partial charge in [-0.05, 0) is 25.2 Å². The first-order valence-corrected chi connectivity index (χ1v) is 7.60. The van der Waals surface area contributed by atoms with E-state index in [1.54, 1.807) is 4.90 Å². The van der Waals surface area contributed by atoms with Gasteiger partial charge in [0.2, 0.25) is 5.91 Å². The highest BCUT2D eigenvalue weighted by Gasteiger charge is 2.36. The average molecular weight is 307 g/mol. The minimum atomic E-state index is -4.17. The molecule has 122 valence electrons. The predicted molar refractivity (Wildman–Crippen MR) is 73.6 cm³/mol. The summed E-state index contributed by atoms with van der Waals surface area (Å²) < 4.78 is 37.0. The molecule has 0 radical (unpaired) electrons. The number of carbonyl (C=O) groups excluding carboxylic acids is 1. The molecule has 0 aromatic carbocycles. The van der Waals surface area contributed by atoms with Gasteiger partial charge in [-0.25, -0.2) is 0 Å². The molecular weight excluding hydrogens is 283 g/mol. The number of piperazine rings is 1. The zero-order valence-electron chi connectivity index (χ0n) is 12.4. The van der Waals surface area contributed by atoms with Crippen LogP contribution in [-0.2, 0) is 4.79 Å². The average Bonchev–Trinajstić information content (AvgIpc) is 2.37. The molecule has 0 spiro atoms. The van der Waals surface area contributed by atoms with Crippen LogP contribution >= 0.6 is 0 Å². The Hall–Kier alpha value is -0.820. The zero-order chi connectivity index (χ0) is 15.6. The summed E-state index contributed by atoms with van der Waals surface area (Å²) in [4.78, 5) is 15.6. The van der Waals surface area contributed by atoms with E-state index in [9.17, 15) is 18.0 Å². The van der Waals surface area contributed by atoms with Crippen LogP contribution in [0.25, 0.3) is 0 Å². The topological polar surface area (TPSA) is 49.6 Å². The molecule has 21 heavy (non-hydrogen) atoms. The van der Waals surface area contributed by atoms with E-state index in [0.717, 1.165) is 19.3 Å². The molecule has 2 rings (SSSR count). The van der Waals surface area contributed by atoms with E-state index in [2.05, 4.69) is 0 Å². The molecule has 1 aliphatic carbocycles. The lowest BCUT2D eigenvalue weighted by Gasteiger charge is -2.39. The predicted octanol–water partition coefficient (Wildman–Crippen LogP) is 1.46. The maximum Gasteiger partial charge on any atom is 0.401 e. The third kappa shape index (κ3) is 4.57. The minimum absolute atomic E-state index is 0.0148. The van der Waals surface area contributed by atoms with Gasteiger partial charge in [0.15, 0.2) is 0 Å². The van der Waals surface area contributed by atoms with Crippen LogP contribution in [0.2, 0.25) is 0 Å². The first-order valence-electron chi connectivity index (χ1n) is 7.60. The Bertz CT molecular complexity index is 367. The van der Waals surface area contributed by atoms with E-state index in [1.165, 1.54) is 4.90 Å². The zero-order valence-corrected chi connectivity index (χ0v) is 12.4. The van der Waals surface area contributed by atoms with Gasteiger partial charge >= 0.3 is 6.18 Å². The van der Waals surface area contributed by atoms with E-state index in [-0.39, 0.29) is 23.8 Å². The Labute approximate surface area is 123 Å². The van der Waals surface area contributed by atoms with Crippen LogP contribution in [0.4, 0.5) is 13.2 Å². The van der Waals surface area contributed by atoms with E-state index in [1.807, 2.05) is 6.92 Å². The molecule has 2 N–H and O–H groups in total.